The van der Waals surface area contributed by atoms with Crippen LogP contribution in [0.15, 0.2) is 78.9 Å². The van der Waals surface area contributed by atoms with Gasteiger partial charge in [-0.05, 0) is 40.7 Å². The highest BCUT2D eigenvalue weighted by molar-refractivity contribution is 5.58. The van der Waals surface area contributed by atoms with E-state index in [2.05, 4.69) is 83.8 Å². The van der Waals surface area contributed by atoms with Gasteiger partial charge in [-0.3, -0.25) is 0 Å². The molecule has 0 radical (unpaired) electrons. The lowest BCUT2D eigenvalue weighted by Crippen LogP contribution is -2.35. The molecule has 3 aliphatic rings. The first-order valence-corrected chi connectivity index (χ1v) is 10.3. The molecule has 134 valence electrons. The molecule has 1 spiro atoms. The lowest BCUT2D eigenvalue weighted by Gasteiger charge is -2.37. The number of benzene rings is 3. The van der Waals surface area contributed by atoms with E-state index in [-0.39, 0.29) is 0 Å². The Kier molecular flexibility index (Phi) is 3.37. The number of hydrogen-bond donors (Lipinski definition) is 0. The summed E-state index contributed by atoms with van der Waals surface area (Å²) in [5.41, 5.74) is 8.22. The summed E-state index contributed by atoms with van der Waals surface area (Å²) in [5, 5.41) is 0. The normalized spacial score (nSPS) is 27.9. The highest BCUT2D eigenvalue weighted by Gasteiger charge is 2.57. The highest BCUT2D eigenvalue weighted by atomic mass is 15.2. The van der Waals surface area contributed by atoms with Crippen LogP contribution in [-0.2, 0) is 11.8 Å². The third-order valence-corrected chi connectivity index (χ3v) is 7.36. The molecule has 0 amide bonds. The first kappa shape index (κ1) is 15.7. The Hall–Kier alpha value is -2.38. The summed E-state index contributed by atoms with van der Waals surface area (Å²) < 4.78 is 0. The van der Waals surface area contributed by atoms with Gasteiger partial charge >= 0.3 is 0 Å². The van der Waals surface area contributed by atoms with E-state index in [1.54, 1.807) is 22.3 Å². The summed E-state index contributed by atoms with van der Waals surface area (Å²) in [6, 6.07) is 29.5. The minimum Gasteiger partial charge on any atom is -0.301 e. The number of hydrogen-bond acceptors (Lipinski definition) is 1. The molecule has 1 nitrogen and oxygen atoms in total. The zero-order valence-corrected chi connectivity index (χ0v) is 15.6. The fraction of sp³-hybridized carbons (Fsp3) is 0.308. The van der Waals surface area contributed by atoms with Gasteiger partial charge in [0.05, 0.1) is 0 Å². The molecule has 3 atom stereocenters. The van der Waals surface area contributed by atoms with Crippen LogP contribution in [0, 0.1) is 0 Å². The molecule has 3 aromatic rings. The van der Waals surface area contributed by atoms with Crippen molar-refractivity contribution in [3.63, 3.8) is 0 Å². The number of rotatable bonds is 3. The van der Waals surface area contributed by atoms with E-state index in [1.807, 2.05) is 0 Å². The Labute approximate surface area is 161 Å². The second kappa shape index (κ2) is 5.81. The van der Waals surface area contributed by atoms with Gasteiger partial charge in [-0.1, -0.05) is 78.9 Å². The van der Waals surface area contributed by atoms with Crippen molar-refractivity contribution in [1.29, 1.82) is 0 Å². The van der Waals surface area contributed by atoms with Crippen LogP contribution in [-0.4, -0.2) is 24.5 Å². The fourth-order valence-corrected chi connectivity index (χ4v) is 6.25. The molecule has 2 aliphatic carbocycles. The maximum absolute atomic E-state index is 2.74. The maximum Gasteiger partial charge on any atom is 0.0173 e. The van der Waals surface area contributed by atoms with Crippen molar-refractivity contribution in [1.82, 2.24) is 4.90 Å². The summed E-state index contributed by atoms with van der Waals surface area (Å²) >= 11 is 0. The Bertz CT molecular complexity index is 981. The van der Waals surface area contributed by atoms with Crippen molar-refractivity contribution in [3.05, 3.63) is 107 Å². The molecular formula is C26H25N. The number of fused-ring (bicyclic) bond motifs is 3. The van der Waals surface area contributed by atoms with Crippen molar-refractivity contribution in [2.24, 2.45) is 0 Å². The minimum absolute atomic E-state index is 0.326. The Morgan fingerprint density at radius 2 is 1.48 bits per heavy atom. The third-order valence-electron chi connectivity index (χ3n) is 7.36. The molecule has 1 heteroatoms. The Morgan fingerprint density at radius 1 is 0.778 bits per heavy atom. The predicted octanol–water partition coefficient (Wildman–Crippen LogP) is 5.12. The summed E-state index contributed by atoms with van der Waals surface area (Å²) in [6.45, 7) is 3.58. The largest absolute Gasteiger partial charge is 0.301 e. The molecule has 6 rings (SSSR count). The van der Waals surface area contributed by atoms with Crippen LogP contribution in [0.1, 0.15) is 46.1 Å². The van der Waals surface area contributed by atoms with Gasteiger partial charge in [0.1, 0.15) is 0 Å². The Balaban J connectivity index is 1.38. The van der Waals surface area contributed by atoms with Gasteiger partial charge in [-0.2, -0.15) is 0 Å². The van der Waals surface area contributed by atoms with Gasteiger partial charge in [0.25, 0.3) is 0 Å². The second-order valence-corrected chi connectivity index (χ2v) is 8.65. The van der Waals surface area contributed by atoms with E-state index < -0.39 is 0 Å². The predicted molar refractivity (Wildman–Crippen MR) is 110 cm³/mol. The van der Waals surface area contributed by atoms with Gasteiger partial charge in [0, 0.05) is 36.9 Å². The zero-order chi connectivity index (χ0) is 17.8. The fourth-order valence-electron chi connectivity index (χ4n) is 6.25. The molecule has 2 bridgehead atoms. The van der Waals surface area contributed by atoms with E-state index in [0.29, 0.717) is 17.3 Å². The number of nitrogens with zero attached hydrogens (tertiary/aromatic N) is 1. The second-order valence-electron chi connectivity index (χ2n) is 8.65. The molecule has 3 aromatic carbocycles. The van der Waals surface area contributed by atoms with Crippen molar-refractivity contribution < 1.29 is 0 Å². The van der Waals surface area contributed by atoms with Crippen LogP contribution in [0.5, 0.6) is 0 Å². The lowest BCUT2D eigenvalue weighted by molar-refractivity contribution is 0.308. The molecule has 27 heavy (non-hydrogen) atoms. The van der Waals surface area contributed by atoms with E-state index >= 15 is 0 Å². The smallest absolute Gasteiger partial charge is 0.0173 e. The summed E-state index contributed by atoms with van der Waals surface area (Å²) in [5.74, 6) is 1.24. The topological polar surface area (TPSA) is 3.24 Å². The molecule has 3 unspecified atom stereocenters. The van der Waals surface area contributed by atoms with Gasteiger partial charge < -0.3 is 4.90 Å². The highest BCUT2D eigenvalue weighted by Crippen LogP contribution is 2.62. The van der Waals surface area contributed by atoms with E-state index in [0.717, 1.165) is 13.0 Å². The molecule has 1 saturated heterocycles. The molecule has 1 aliphatic heterocycles. The lowest BCUT2D eigenvalue weighted by atomic mass is 9.65. The van der Waals surface area contributed by atoms with Crippen molar-refractivity contribution in [2.45, 2.75) is 30.1 Å². The minimum atomic E-state index is 0.326. The van der Waals surface area contributed by atoms with Crippen molar-refractivity contribution in [2.75, 3.05) is 19.6 Å². The van der Waals surface area contributed by atoms with Crippen LogP contribution < -0.4 is 0 Å². The first-order valence-electron chi connectivity index (χ1n) is 10.3. The molecular weight excluding hydrogens is 326 g/mol. The quantitative estimate of drug-likeness (QED) is 0.633. The molecule has 1 heterocycles. The summed E-state index contributed by atoms with van der Waals surface area (Å²) in [6.07, 6.45) is 2.45. The monoisotopic (exact) mass is 351 g/mol. The summed E-state index contributed by atoms with van der Waals surface area (Å²) in [7, 11) is 0. The SMILES string of the molecule is c1ccc(CCN2CC3c4ccccc4C4CC3(C2)c2ccccc24)cc1. The molecule has 1 fully saturated rings. The average Bonchev–Trinajstić information content (AvgIpc) is 3.25. The van der Waals surface area contributed by atoms with Crippen LogP contribution >= 0.6 is 0 Å². The van der Waals surface area contributed by atoms with Gasteiger partial charge in [-0.25, -0.2) is 0 Å². The van der Waals surface area contributed by atoms with Gasteiger partial charge in [0.15, 0.2) is 0 Å². The first-order chi connectivity index (χ1) is 13.4. The number of likely N-dealkylation sites (tertiary alicyclic amines) is 1. The average molecular weight is 351 g/mol. The van der Waals surface area contributed by atoms with Crippen LogP contribution in [0.3, 0.4) is 0 Å². The standard InChI is InChI=1S/C26H25N/c1-2-8-19(9-3-1)14-15-27-17-25-21-11-5-4-10-20(21)23-16-26(25,18-27)24-13-7-6-12-22(23)24/h1-13,23,25H,14-18H2. The van der Waals surface area contributed by atoms with Crippen LogP contribution in [0.2, 0.25) is 0 Å². The third kappa shape index (κ3) is 2.21. The van der Waals surface area contributed by atoms with Crippen LogP contribution in [0.25, 0.3) is 0 Å². The van der Waals surface area contributed by atoms with Gasteiger partial charge in [-0.15, -0.1) is 0 Å². The molecule has 0 aromatic heterocycles. The summed E-state index contributed by atoms with van der Waals surface area (Å²) in [4.78, 5) is 2.74. The van der Waals surface area contributed by atoms with Crippen molar-refractivity contribution >= 4 is 0 Å². The molecule has 0 saturated carbocycles. The van der Waals surface area contributed by atoms with Gasteiger partial charge in [0.2, 0.25) is 0 Å². The van der Waals surface area contributed by atoms with E-state index in [9.17, 15) is 0 Å². The zero-order valence-electron chi connectivity index (χ0n) is 15.6. The van der Waals surface area contributed by atoms with Crippen LogP contribution in [0.4, 0.5) is 0 Å². The maximum atomic E-state index is 2.74. The molecule has 0 N–H and O–H groups in total. The van der Waals surface area contributed by atoms with Crippen molar-refractivity contribution in [3.8, 4) is 0 Å². The van der Waals surface area contributed by atoms with E-state index in [1.165, 1.54) is 25.1 Å². The van der Waals surface area contributed by atoms with E-state index in [4.69, 9.17) is 0 Å². The Morgan fingerprint density at radius 3 is 2.33 bits per heavy atom.